The molecule has 2 rings (SSSR count). The number of hydrogen-bond donors (Lipinski definition) is 1. The van der Waals surface area contributed by atoms with Gasteiger partial charge in [-0.15, -0.1) is 0 Å². The van der Waals surface area contributed by atoms with Crippen LogP contribution in [0.1, 0.15) is 0 Å². The van der Waals surface area contributed by atoms with Crippen molar-refractivity contribution in [2.45, 2.75) is 6.29 Å². The van der Waals surface area contributed by atoms with E-state index in [0.29, 0.717) is 5.75 Å². The van der Waals surface area contributed by atoms with Gasteiger partial charge in [0.05, 0.1) is 18.8 Å². The molecule has 1 aliphatic rings. The van der Waals surface area contributed by atoms with Crippen molar-refractivity contribution in [2.24, 2.45) is 0 Å². The first kappa shape index (κ1) is 15.3. The Morgan fingerprint density at radius 3 is 2.81 bits per heavy atom. The summed E-state index contributed by atoms with van der Waals surface area (Å²) in [7, 11) is 2.99. The molecule has 0 atom stereocenters. The van der Waals surface area contributed by atoms with Crippen LogP contribution in [0, 0.1) is 0 Å². The van der Waals surface area contributed by atoms with Crippen LogP contribution < -0.4 is 15.0 Å². The van der Waals surface area contributed by atoms with Gasteiger partial charge in [-0.1, -0.05) is 12.1 Å². The molecule has 0 saturated carbocycles. The van der Waals surface area contributed by atoms with Crippen LogP contribution in [0.25, 0.3) is 0 Å². The van der Waals surface area contributed by atoms with Gasteiger partial charge in [0.1, 0.15) is 6.54 Å². The van der Waals surface area contributed by atoms with Gasteiger partial charge in [-0.2, -0.15) is 0 Å². The summed E-state index contributed by atoms with van der Waals surface area (Å²) in [6.07, 6.45) is -0.493. The van der Waals surface area contributed by atoms with Gasteiger partial charge in [0.25, 0.3) is 0 Å². The van der Waals surface area contributed by atoms with Crippen LogP contribution in [0.3, 0.4) is 0 Å². The molecule has 114 valence electrons. The van der Waals surface area contributed by atoms with E-state index in [1.165, 1.54) is 14.2 Å². The first-order valence-electron chi connectivity index (χ1n) is 6.51. The molecule has 0 radical (unpaired) electrons. The number of ether oxygens (including phenoxy) is 3. The van der Waals surface area contributed by atoms with E-state index < -0.39 is 6.29 Å². The number of para-hydroxylation sites is 2. The van der Waals surface area contributed by atoms with Gasteiger partial charge in [-0.05, 0) is 12.1 Å². The van der Waals surface area contributed by atoms with E-state index in [0.717, 1.165) is 5.69 Å². The zero-order chi connectivity index (χ0) is 15.2. The highest BCUT2D eigenvalue weighted by atomic mass is 16.7. The number of amides is 1. The Labute approximate surface area is 122 Å². The van der Waals surface area contributed by atoms with Crippen LogP contribution in [0.15, 0.2) is 24.3 Å². The van der Waals surface area contributed by atoms with Crippen molar-refractivity contribution < 1.29 is 23.8 Å². The maximum Gasteiger partial charge on any atom is 0.331 e. The fourth-order valence-electron chi connectivity index (χ4n) is 2.03. The second kappa shape index (κ2) is 7.05. The summed E-state index contributed by atoms with van der Waals surface area (Å²) in [6, 6.07) is 7.11. The lowest BCUT2D eigenvalue weighted by Crippen LogP contribution is -2.45. The number of carbonyl (C=O) groups excluding carboxylic acids is 2. The Kier molecular flexibility index (Phi) is 5.13. The average Bonchev–Trinajstić information content (AvgIpc) is 2.48. The van der Waals surface area contributed by atoms with Gasteiger partial charge in [0.2, 0.25) is 5.91 Å². The maximum absolute atomic E-state index is 11.9. The van der Waals surface area contributed by atoms with Crippen molar-refractivity contribution >= 4 is 17.6 Å². The van der Waals surface area contributed by atoms with Crippen molar-refractivity contribution in [2.75, 3.05) is 38.8 Å². The highest BCUT2D eigenvalue weighted by Gasteiger charge is 2.25. The number of anilines is 1. The van der Waals surface area contributed by atoms with E-state index in [4.69, 9.17) is 14.2 Å². The van der Waals surface area contributed by atoms with E-state index in [9.17, 15) is 9.59 Å². The molecule has 0 unspecified atom stereocenters. The van der Waals surface area contributed by atoms with E-state index in [2.05, 4.69) is 5.32 Å². The normalized spacial score (nSPS) is 13.9. The molecule has 0 aliphatic carbocycles. The number of rotatable bonds is 6. The SMILES string of the molecule is COC(CNC(=O)CN1CC(=O)Oc2ccccc21)OC. The van der Waals surface area contributed by atoms with Crippen molar-refractivity contribution in [1.29, 1.82) is 0 Å². The molecular formula is C14H18N2O5. The fourth-order valence-corrected chi connectivity index (χ4v) is 2.03. The lowest BCUT2D eigenvalue weighted by Gasteiger charge is -2.29. The van der Waals surface area contributed by atoms with Gasteiger partial charge in [-0.25, -0.2) is 4.79 Å². The summed E-state index contributed by atoms with van der Waals surface area (Å²) in [5.41, 5.74) is 0.724. The Bertz CT molecular complexity index is 516. The summed E-state index contributed by atoms with van der Waals surface area (Å²) in [5, 5.41) is 2.69. The molecule has 1 amide bonds. The summed E-state index contributed by atoms with van der Waals surface area (Å²) in [4.78, 5) is 25.2. The number of methoxy groups -OCH3 is 2. The second-order valence-corrected chi connectivity index (χ2v) is 4.50. The predicted molar refractivity (Wildman–Crippen MR) is 75.1 cm³/mol. The molecule has 7 nitrogen and oxygen atoms in total. The molecule has 0 aromatic heterocycles. The number of carbonyl (C=O) groups is 2. The zero-order valence-electron chi connectivity index (χ0n) is 12.0. The van der Waals surface area contributed by atoms with E-state index in [1.807, 2.05) is 12.1 Å². The zero-order valence-corrected chi connectivity index (χ0v) is 12.0. The average molecular weight is 294 g/mol. The first-order valence-corrected chi connectivity index (χ1v) is 6.51. The monoisotopic (exact) mass is 294 g/mol. The largest absolute Gasteiger partial charge is 0.423 e. The molecule has 1 heterocycles. The molecular weight excluding hydrogens is 276 g/mol. The predicted octanol–water partition coefficient (Wildman–Crippen LogP) is 0.147. The van der Waals surface area contributed by atoms with Gasteiger partial charge < -0.3 is 24.4 Å². The van der Waals surface area contributed by atoms with Crippen molar-refractivity contribution in [3.8, 4) is 5.75 Å². The maximum atomic E-state index is 11.9. The molecule has 0 spiro atoms. The lowest BCUT2D eigenvalue weighted by atomic mass is 10.2. The third-order valence-electron chi connectivity index (χ3n) is 3.08. The van der Waals surface area contributed by atoms with E-state index >= 15 is 0 Å². The van der Waals surface area contributed by atoms with Gasteiger partial charge in [-0.3, -0.25) is 4.79 Å². The van der Waals surface area contributed by atoms with Crippen LogP contribution >= 0.6 is 0 Å². The fraction of sp³-hybridized carbons (Fsp3) is 0.429. The Hall–Kier alpha value is -2.12. The summed E-state index contributed by atoms with van der Waals surface area (Å²) >= 11 is 0. The minimum atomic E-state index is -0.493. The molecule has 1 aliphatic heterocycles. The summed E-state index contributed by atoms with van der Waals surface area (Å²) < 4.78 is 15.1. The molecule has 0 bridgehead atoms. The minimum Gasteiger partial charge on any atom is -0.423 e. The Balaban J connectivity index is 1.96. The van der Waals surface area contributed by atoms with Crippen molar-refractivity contribution in [3.05, 3.63) is 24.3 Å². The Morgan fingerprint density at radius 2 is 2.10 bits per heavy atom. The molecule has 7 heteroatoms. The number of hydrogen-bond acceptors (Lipinski definition) is 6. The summed E-state index contributed by atoms with van der Waals surface area (Å²) in [5.74, 6) is -0.139. The molecule has 1 N–H and O–H groups in total. The number of benzene rings is 1. The third-order valence-corrected chi connectivity index (χ3v) is 3.08. The topological polar surface area (TPSA) is 77.1 Å². The highest BCUT2D eigenvalue weighted by Crippen LogP contribution is 2.30. The van der Waals surface area contributed by atoms with Gasteiger partial charge in [0.15, 0.2) is 12.0 Å². The first-order chi connectivity index (χ1) is 10.1. The molecule has 1 aromatic rings. The van der Waals surface area contributed by atoms with Crippen LogP contribution in [-0.2, 0) is 19.1 Å². The lowest BCUT2D eigenvalue weighted by molar-refractivity contribution is -0.133. The molecule has 0 saturated heterocycles. The minimum absolute atomic E-state index is 0.0441. The molecule has 0 fully saturated rings. The van der Waals surface area contributed by atoms with E-state index in [-0.39, 0.29) is 31.5 Å². The molecule has 21 heavy (non-hydrogen) atoms. The number of nitrogens with zero attached hydrogens (tertiary/aromatic N) is 1. The smallest absolute Gasteiger partial charge is 0.331 e. The number of fused-ring (bicyclic) bond motifs is 1. The van der Waals surface area contributed by atoms with Crippen LogP contribution in [-0.4, -0.2) is 52.0 Å². The van der Waals surface area contributed by atoms with Crippen LogP contribution in [0.5, 0.6) is 5.75 Å². The molecule has 1 aromatic carbocycles. The quantitative estimate of drug-likeness (QED) is 0.457. The van der Waals surface area contributed by atoms with Crippen molar-refractivity contribution in [3.63, 3.8) is 0 Å². The second-order valence-electron chi connectivity index (χ2n) is 4.50. The van der Waals surface area contributed by atoms with Crippen LogP contribution in [0.4, 0.5) is 5.69 Å². The number of esters is 1. The van der Waals surface area contributed by atoms with Crippen LogP contribution in [0.2, 0.25) is 0 Å². The van der Waals surface area contributed by atoms with E-state index in [1.54, 1.807) is 17.0 Å². The van der Waals surface area contributed by atoms with Crippen molar-refractivity contribution in [1.82, 2.24) is 5.32 Å². The standard InChI is InChI=1S/C14H18N2O5/c1-19-14(20-2)7-15-12(17)8-16-9-13(18)21-11-6-4-3-5-10(11)16/h3-6,14H,7-9H2,1-2H3,(H,15,17). The Morgan fingerprint density at radius 1 is 1.38 bits per heavy atom. The third kappa shape index (κ3) is 3.93. The van der Waals surface area contributed by atoms with Gasteiger partial charge >= 0.3 is 5.97 Å². The number of nitrogens with one attached hydrogen (secondary N) is 1. The highest BCUT2D eigenvalue weighted by molar-refractivity contribution is 5.89. The van der Waals surface area contributed by atoms with Gasteiger partial charge in [0, 0.05) is 14.2 Å². The summed E-state index contributed by atoms with van der Waals surface area (Å²) in [6.45, 7) is 0.348.